The van der Waals surface area contributed by atoms with Gasteiger partial charge < -0.3 is 10.2 Å². The molecule has 0 saturated heterocycles. The minimum Gasteiger partial charge on any atom is -0.392 e. The van der Waals surface area contributed by atoms with Gasteiger partial charge in [0, 0.05) is 11.8 Å². The predicted molar refractivity (Wildman–Crippen MR) is 76.3 cm³/mol. The highest BCUT2D eigenvalue weighted by Gasteiger charge is 2.33. The molecule has 0 aromatic carbocycles. The van der Waals surface area contributed by atoms with Gasteiger partial charge in [0.05, 0.1) is 12.2 Å². The van der Waals surface area contributed by atoms with Crippen LogP contribution in [-0.4, -0.2) is 22.4 Å². The zero-order chi connectivity index (χ0) is 13.7. The Morgan fingerprint density at radius 1 is 1.06 bits per heavy atom. The maximum atomic E-state index is 10.4. The van der Waals surface area contributed by atoms with E-state index in [1.165, 1.54) is 19.3 Å². The largest absolute Gasteiger partial charge is 0.392 e. The summed E-state index contributed by atoms with van der Waals surface area (Å²) >= 11 is 0. The average molecular weight is 254 g/mol. The second-order valence-corrected chi connectivity index (χ2v) is 6.30. The van der Waals surface area contributed by atoms with Gasteiger partial charge in [-0.15, -0.1) is 6.58 Å². The summed E-state index contributed by atoms with van der Waals surface area (Å²) in [4.78, 5) is 0. The van der Waals surface area contributed by atoms with E-state index in [0.29, 0.717) is 11.8 Å². The summed E-state index contributed by atoms with van der Waals surface area (Å²) in [5, 5.41) is 20.9. The molecule has 4 atom stereocenters. The highest BCUT2D eigenvalue weighted by molar-refractivity contribution is 4.92. The van der Waals surface area contributed by atoms with Crippen LogP contribution in [0, 0.1) is 23.7 Å². The second kappa shape index (κ2) is 7.30. The van der Waals surface area contributed by atoms with Crippen molar-refractivity contribution < 1.29 is 10.2 Å². The Morgan fingerprint density at radius 2 is 1.61 bits per heavy atom. The highest BCUT2D eigenvalue weighted by atomic mass is 16.3. The smallest absolute Gasteiger partial charge is 0.0655 e. The van der Waals surface area contributed by atoms with Crippen LogP contribution in [0.25, 0.3) is 0 Å². The third-order valence-electron chi connectivity index (χ3n) is 4.65. The monoisotopic (exact) mass is 254 g/mol. The van der Waals surface area contributed by atoms with Gasteiger partial charge >= 0.3 is 0 Å². The average Bonchev–Trinajstić information content (AvgIpc) is 2.38. The predicted octanol–water partition coefficient (Wildman–Crippen LogP) is 3.38. The van der Waals surface area contributed by atoms with E-state index in [2.05, 4.69) is 20.4 Å². The van der Waals surface area contributed by atoms with Gasteiger partial charge in [0.1, 0.15) is 0 Å². The quantitative estimate of drug-likeness (QED) is 0.713. The van der Waals surface area contributed by atoms with E-state index in [1.54, 1.807) is 0 Å². The fourth-order valence-electron chi connectivity index (χ4n) is 3.26. The molecule has 0 aromatic rings. The van der Waals surface area contributed by atoms with Gasteiger partial charge in [0.15, 0.2) is 0 Å². The molecular formula is C16H30O2. The van der Waals surface area contributed by atoms with Crippen molar-refractivity contribution in [1.82, 2.24) is 0 Å². The lowest BCUT2D eigenvalue weighted by Crippen LogP contribution is -2.40. The molecule has 106 valence electrons. The molecule has 1 rings (SSSR count). The van der Waals surface area contributed by atoms with Crippen molar-refractivity contribution in [3.05, 3.63) is 12.7 Å². The fourth-order valence-corrected chi connectivity index (χ4v) is 3.26. The standard InChI is InChI=1S/C16H30O2/c1-5-14(11(2)3)16(18)12(4)15(17)13-9-7-6-8-10-13/h5,11-18H,1,6-10H2,2-4H3/t12-,14-,15?,16-/m1/s1. The minimum absolute atomic E-state index is 0.0678. The first kappa shape index (κ1) is 15.7. The summed E-state index contributed by atoms with van der Waals surface area (Å²) in [5.41, 5.74) is 0. The first-order chi connectivity index (χ1) is 8.49. The molecule has 0 aliphatic heterocycles. The van der Waals surface area contributed by atoms with Crippen molar-refractivity contribution in [1.29, 1.82) is 0 Å². The molecular weight excluding hydrogens is 224 g/mol. The number of hydrogen-bond acceptors (Lipinski definition) is 2. The maximum Gasteiger partial charge on any atom is 0.0655 e. The number of aliphatic hydroxyl groups is 2. The van der Waals surface area contributed by atoms with E-state index >= 15 is 0 Å². The van der Waals surface area contributed by atoms with Crippen LogP contribution < -0.4 is 0 Å². The lowest BCUT2D eigenvalue weighted by Gasteiger charge is -2.36. The molecule has 0 radical (unpaired) electrons. The molecule has 1 aliphatic carbocycles. The molecule has 0 bridgehead atoms. The summed E-state index contributed by atoms with van der Waals surface area (Å²) in [6.45, 7) is 9.98. The second-order valence-electron chi connectivity index (χ2n) is 6.30. The molecule has 1 fully saturated rings. The van der Waals surface area contributed by atoms with Gasteiger partial charge in [-0.1, -0.05) is 46.1 Å². The Bertz CT molecular complexity index is 243. The third-order valence-corrected chi connectivity index (χ3v) is 4.65. The van der Waals surface area contributed by atoms with Crippen LogP contribution in [0.4, 0.5) is 0 Å². The van der Waals surface area contributed by atoms with Crippen molar-refractivity contribution in [2.24, 2.45) is 23.7 Å². The van der Waals surface area contributed by atoms with Crippen LogP contribution in [-0.2, 0) is 0 Å². The van der Waals surface area contributed by atoms with Crippen molar-refractivity contribution in [2.75, 3.05) is 0 Å². The highest BCUT2D eigenvalue weighted by Crippen LogP contribution is 2.33. The lowest BCUT2D eigenvalue weighted by atomic mass is 9.75. The summed E-state index contributed by atoms with van der Waals surface area (Å²) in [7, 11) is 0. The molecule has 0 aromatic heterocycles. The topological polar surface area (TPSA) is 40.5 Å². The Hall–Kier alpha value is -0.340. The molecule has 0 heterocycles. The Labute approximate surface area is 112 Å². The van der Waals surface area contributed by atoms with Crippen LogP contribution in [0.3, 0.4) is 0 Å². The van der Waals surface area contributed by atoms with E-state index in [1.807, 2.05) is 13.0 Å². The van der Waals surface area contributed by atoms with E-state index in [4.69, 9.17) is 0 Å². The molecule has 1 unspecified atom stereocenters. The van der Waals surface area contributed by atoms with E-state index in [9.17, 15) is 10.2 Å². The van der Waals surface area contributed by atoms with Crippen LogP contribution in [0.1, 0.15) is 52.9 Å². The zero-order valence-electron chi connectivity index (χ0n) is 12.2. The normalized spacial score (nSPS) is 24.6. The first-order valence-electron chi connectivity index (χ1n) is 7.47. The van der Waals surface area contributed by atoms with E-state index in [-0.39, 0.29) is 17.9 Å². The summed E-state index contributed by atoms with van der Waals surface area (Å²) in [6.07, 6.45) is 6.93. The Kier molecular flexibility index (Phi) is 6.37. The van der Waals surface area contributed by atoms with E-state index < -0.39 is 6.10 Å². The van der Waals surface area contributed by atoms with Crippen molar-refractivity contribution in [3.8, 4) is 0 Å². The van der Waals surface area contributed by atoms with Crippen LogP contribution in [0.5, 0.6) is 0 Å². The number of rotatable bonds is 6. The minimum atomic E-state index is -0.487. The molecule has 0 spiro atoms. The Balaban J connectivity index is 2.60. The molecule has 18 heavy (non-hydrogen) atoms. The van der Waals surface area contributed by atoms with Crippen molar-refractivity contribution in [3.63, 3.8) is 0 Å². The fraction of sp³-hybridized carbons (Fsp3) is 0.875. The van der Waals surface area contributed by atoms with Gasteiger partial charge in [0.2, 0.25) is 0 Å². The maximum absolute atomic E-state index is 10.4. The Morgan fingerprint density at radius 3 is 2.06 bits per heavy atom. The number of hydrogen-bond donors (Lipinski definition) is 2. The van der Waals surface area contributed by atoms with Crippen LogP contribution >= 0.6 is 0 Å². The lowest BCUT2D eigenvalue weighted by molar-refractivity contribution is -0.0406. The van der Waals surface area contributed by atoms with Crippen molar-refractivity contribution >= 4 is 0 Å². The summed E-state index contributed by atoms with van der Waals surface area (Å²) in [5.74, 6) is 0.733. The molecule has 2 heteroatoms. The SMILES string of the molecule is C=C[C@H](C(C)C)[C@H](O)[C@H](C)C(O)C1CCCCC1. The van der Waals surface area contributed by atoms with Crippen LogP contribution in [0.2, 0.25) is 0 Å². The first-order valence-corrected chi connectivity index (χ1v) is 7.47. The molecule has 2 N–H and O–H groups in total. The number of aliphatic hydroxyl groups excluding tert-OH is 2. The molecule has 0 amide bonds. The van der Waals surface area contributed by atoms with Gasteiger partial charge in [0.25, 0.3) is 0 Å². The summed E-state index contributed by atoms with van der Waals surface area (Å²) < 4.78 is 0. The van der Waals surface area contributed by atoms with Gasteiger partial charge in [-0.2, -0.15) is 0 Å². The van der Waals surface area contributed by atoms with Crippen molar-refractivity contribution in [2.45, 2.75) is 65.1 Å². The van der Waals surface area contributed by atoms with E-state index in [0.717, 1.165) is 12.8 Å². The van der Waals surface area contributed by atoms with Gasteiger partial charge in [-0.05, 0) is 24.7 Å². The summed E-state index contributed by atoms with van der Waals surface area (Å²) in [6, 6.07) is 0. The molecule has 1 aliphatic rings. The van der Waals surface area contributed by atoms with Crippen LogP contribution in [0.15, 0.2) is 12.7 Å². The third kappa shape index (κ3) is 3.83. The van der Waals surface area contributed by atoms with Gasteiger partial charge in [-0.25, -0.2) is 0 Å². The molecule has 2 nitrogen and oxygen atoms in total. The van der Waals surface area contributed by atoms with Gasteiger partial charge in [-0.3, -0.25) is 0 Å². The zero-order valence-corrected chi connectivity index (χ0v) is 12.2. The molecule has 1 saturated carbocycles.